The van der Waals surface area contributed by atoms with Gasteiger partial charge in [-0.2, -0.15) is 5.10 Å². The molecule has 5 rings (SSSR count). The number of rotatable bonds is 3. The lowest BCUT2D eigenvalue weighted by Gasteiger charge is -2.56. The number of alkyl halides is 2. The Balaban J connectivity index is 1.57. The van der Waals surface area contributed by atoms with E-state index in [-0.39, 0.29) is 5.54 Å². The van der Waals surface area contributed by atoms with Gasteiger partial charge in [0, 0.05) is 12.3 Å². The molecule has 1 heterocycles. The quantitative estimate of drug-likeness (QED) is 0.863. The van der Waals surface area contributed by atoms with E-state index < -0.39 is 10.7 Å². The third kappa shape index (κ3) is 2.36. The van der Waals surface area contributed by atoms with Crippen molar-refractivity contribution in [2.75, 3.05) is 5.32 Å². The number of amides is 1. The zero-order valence-corrected chi connectivity index (χ0v) is 13.3. The summed E-state index contributed by atoms with van der Waals surface area (Å²) in [7, 11) is 0. The molecule has 0 spiro atoms. The maximum atomic E-state index is 11.5. The van der Waals surface area contributed by atoms with Crippen LogP contribution in [0.2, 0.25) is 0 Å². The molecule has 1 aromatic heterocycles. The average Bonchev–Trinajstić information content (AvgIpc) is 2.86. The second kappa shape index (κ2) is 4.88. The molecule has 4 aliphatic carbocycles. The minimum atomic E-state index is -1.06. The van der Waals surface area contributed by atoms with Crippen molar-refractivity contribution >= 4 is 34.9 Å². The molecule has 1 aromatic rings. The Labute approximate surface area is 134 Å². The summed E-state index contributed by atoms with van der Waals surface area (Å²) in [6.07, 6.45) is 9.93. The second-order valence-electron chi connectivity index (χ2n) is 7.08. The van der Waals surface area contributed by atoms with Crippen LogP contribution >= 0.6 is 23.2 Å². The summed E-state index contributed by atoms with van der Waals surface area (Å²) in [5, 5.41) is 7.25. The maximum absolute atomic E-state index is 11.5. The molecule has 1 N–H and O–H groups in total. The number of halogens is 2. The molecule has 1 amide bonds. The Morgan fingerprint density at radius 2 is 1.81 bits per heavy atom. The standard InChI is InChI=1S/C15H19Cl2N3O/c16-13(17)14(21)18-12-1-2-20(19-12)15-6-9-3-10(7-15)5-11(4-9)8-15/h1-2,9-11,13H,3-8H2,(H,18,19,21). The molecule has 4 nitrogen and oxygen atoms in total. The molecule has 4 bridgehead atoms. The lowest BCUT2D eigenvalue weighted by atomic mass is 9.53. The highest BCUT2D eigenvalue weighted by molar-refractivity contribution is 6.54. The minimum absolute atomic E-state index is 0.180. The molecule has 4 saturated carbocycles. The van der Waals surface area contributed by atoms with Crippen LogP contribution in [0.3, 0.4) is 0 Å². The van der Waals surface area contributed by atoms with Crippen LogP contribution in [0.1, 0.15) is 38.5 Å². The Morgan fingerprint density at radius 1 is 1.24 bits per heavy atom. The van der Waals surface area contributed by atoms with Crippen LogP contribution in [0.4, 0.5) is 5.82 Å². The van der Waals surface area contributed by atoms with E-state index in [9.17, 15) is 4.79 Å². The van der Waals surface area contributed by atoms with E-state index >= 15 is 0 Å². The fourth-order valence-electron chi connectivity index (χ4n) is 5.18. The van der Waals surface area contributed by atoms with Gasteiger partial charge < -0.3 is 5.32 Å². The lowest BCUT2D eigenvalue weighted by molar-refractivity contribution is -0.114. The van der Waals surface area contributed by atoms with Gasteiger partial charge in [-0.05, 0) is 56.3 Å². The summed E-state index contributed by atoms with van der Waals surface area (Å²) in [4.78, 5) is 10.5. The highest BCUT2D eigenvalue weighted by Gasteiger charge is 2.52. The smallest absolute Gasteiger partial charge is 0.258 e. The van der Waals surface area contributed by atoms with Crippen LogP contribution in [-0.2, 0) is 10.3 Å². The van der Waals surface area contributed by atoms with E-state index in [4.69, 9.17) is 23.2 Å². The SMILES string of the molecule is O=C(Nc1ccn(C23CC4CC(CC(C4)C2)C3)n1)C(Cl)Cl. The monoisotopic (exact) mass is 327 g/mol. The largest absolute Gasteiger partial charge is 0.307 e. The minimum Gasteiger partial charge on any atom is -0.307 e. The Kier molecular flexibility index (Phi) is 3.23. The van der Waals surface area contributed by atoms with Crippen molar-refractivity contribution in [2.45, 2.75) is 48.9 Å². The normalized spacial score (nSPS) is 37.2. The van der Waals surface area contributed by atoms with E-state index in [1.54, 1.807) is 0 Å². The predicted octanol–water partition coefficient (Wildman–Crippen LogP) is 3.55. The molecule has 0 unspecified atom stereocenters. The van der Waals surface area contributed by atoms with Gasteiger partial charge in [0.05, 0.1) is 5.54 Å². The highest BCUT2D eigenvalue weighted by atomic mass is 35.5. The van der Waals surface area contributed by atoms with E-state index in [1.807, 2.05) is 12.3 Å². The molecule has 4 aliphatic rings. The zero-order chi connectivity index (χ0) is 14.6. The maximum Gasteiger partial charge on any atom is 0.258 e. The Hall–Kier alpha value is -0.740. The molecule has 0 radical (unpaired) electrons. The summed E-state index contributed by atoms with van der Waals surface area (Å²) in [6.45, 7) is 0. The molecule has 0 aromatic carbocycles. The summed E-state index contributed by atoms with van der Waals surface area (Å²) in [5.74, 6) is 2.73. The number of hydrogen-bond donors (Lipinski definition) is 1. The molecular formula is C15H19Cl2N3O. The molecule has 21 heavy (non-hydrogen) atoms. The van der Waals surface area contributed by atoms with Gasteiger partial charge in [-0.15, -0.1) is 0 Å². The molecule has 4 fully saturated rings. The molecule has 0 atom stereocenters. The van der Waals surface area contributed by atoms with Gasteiger partial charge in [-0.1, -0.05) is 23.2 Å². The first kappa shape index (κ1) is 13.9. The van der Waals surface area contributed by atoms with Gasteiger partial charge >= 0.3 is 0 Å². The van der Waals surface area contributed by atoms with Gasteiger partial charge in [-0.3, -0.25) is 9.48 Å². The van der Waals surface area contributed by atoms with Crippen molar-refractivity contribution in [2.24, 2.45) is 17.8 Å². The van der Waals surface area contributed by atoms with Crippen molar-refractivity contribution in [3.63, 3.8) is 0 Å². The van der Waals surface area contributed by atoms with Crippen LogP contribution in [-0.4, -0.2) is 20.5 Å². The van der Waals surface area contributed by atoms with E-state index in [0.29, 0.717) is 5.82 Å². The first-order chi connectivity index (χ1) is 10.0. The van der Waals surface area contributed by atoms with Crippen molar-refractivity contribution < 1.29 is 4.79 Å². The van der Waals surface area contributed by atoms with Gasteiger partial charge in [0.1, 0.15) is 0 Å². The van der Waals surface area contributed by atoms with Gasteiger partial charge in [0.25, 0.3) is 5.91 Å². The van der Waals surface area contributed by atoms with E-state index in [2.05, 4.69) is 15.1 Å². The van der Waals surface area contributed by atoms with Crippen molar-refractivity contribution in [1.29, 1.82) is 0 Å². The topological polar surface area (TPSA) is 46.9 Å². The second-order valence-corrected chi connectivity index (χ2v) is 8.17. The number of carbonyl (C=O) groups excluding carboxylic acids is 1. The van der Waals surface area contributed by atoms with Gasteiger partial charge in [-0.25, -0.2) is 0 Å². The fraction of sp³-hybridized carbons (Fsp3) is 0.733. The molecule has 6 heteroatoms. The van der Waals surface area contributed by atoms with Crippen LogP contribution in [0.5, 0.6) is 0 Å². The van der Waals surface area contributed by atoms with Crippen LogP contribution in [0.25, 0.3) is 0 Å². The number of aromatic nitrogens is 2. The summed E-state index contributed by atoms with van der Waals surface area (Å²) < 4.78 is 2.10. The third-order valence-corrected chi connectivity index (χ3v) is 5.93. The molecule has 114 valence electrons. The first-order valence-electron chi connectivity index (χ1n) is 7.69. The van der Waals surface area contributed by atoms with Crippen LogP contribution in [0.15, 0.2) is 12.3 Å². The Bertz CT molecular complexity index is 534. The highest BCUT2D eigenvalue weighted by Crippen LogP contribution is 2.58. The summed E-state index contributed by atoms with van der Waals surface area (Å²) >= 11 is 11.1. The zero-order valence-electron chi connectivity index (χ0n) is 11.8. The third-order valence-electron chi connectivity index (χ3n) is 5.53. The van der Waals surface area contributed by atoms with Crippen molar-refractivity contribution in [3.05, 3.63) is 12.3 Å². The number of carbonyl (C=O) groups is 1. The van der Waals surface area contributed by atoms with Crippen molar-refractivity contribution in [1.82, 2.24) is 9.78 Å². The number of hydrogen-bond acceptors (Lipinski definition) is 2. The van der Waals surface area contributed by atoms with Crippen LogP contribution in [0, 0.1) is 17.8 Å². The first-order valence-corrected chi connectivity index (χ1v) is 8.56. The average molecular weight is 328 g/mol. The van der Waals surface area contributed by atoms with Crippen molar-refractivity contribution in [3.8, 4) is 0 Å². The number of nitrogens with zero attached hydrogens (tertiary/aromatic N) is 2. The molecular weight excluding hydrogens is 309 g/mol. The van der Waals surface area contributed by atoms with E-state index in [1.165, 1.54) is 38.5 Å². The number of nitrogens with one attached hydrogen (secondary N) is 1. The molecule has 0 saturated heterocycles. The number of anilines is 1. The van der Waals surface area contributed by atoms with Gasteiger partial charge in [0.2, 0.25) is 0 Å². The predicted molar refractivity (Wildman–Crippen MR) is 82.5 cm³/mol. The fourth-order valence-corrected chi connectivity index (χ4v) is 5.29. The lowest BCUT2D eigenvalue weighted by Crippen LogP contribution is -2.52. The van der Waals surface area contributed by atoms with Crippen LogP contribution < -0.4 is 5.32 Å². The molecule has 0 aliphatic heterocycles. The van der Waals surface area contributed by atoms with Gasteiger partial charge in [0.15, 0.2) is 10.7 Å². The summed E-state index contributed by atoms with van der Waals surface area (Å²) in [5.41, 5.74) is 0.180. The Morgan fingerprint density at radius 3 is 2.33 bits per heavy atom. The summed E-state index contributed by atoms with van der Waals surface area (Å²) in [6, 6.07) is 1.84. The van der Waals surface area contributed by atoms with E-state index in [0.717, 1.165) is 17.8 Å².